The van der Waals surface area contributed by atoms with Crippen LogP contribution in [0.1, 0.15) is 45.7 Å². The van der Waals surface area contributed by atoms with Gasteiger partial charge in [0.2, 0.25) is 0 Å². The number of benzene rings is 2. The van der Waals surface area contributed by atoms with E-state index in [2.05, 4.69) is 59.3 Å². The number of nitrogens with zero attached hydrogens (tertiary/aromatic N) is 2. The zero-order valence-corrected chi connectivity index (χ0v) is 15.7. The maximum atomic E-state index is 12.5. The van der Waals surface area contributed by atoms with Crippen molar-refractivity contribution in [2.75, 3.05) is 0 Å². The van der Waals surface area contributed by atoms with Gasteiger partial charge in [-0.2, -0.15) is 5.10 Å². The molecule has 1 amide bonds. The third kappa shape index (κ3) is 3.43. The van der Waals surface area contributed by atoms with E-state index in [-0.39, 0.29) is 5.91 Å². The van der Waals surface area contributed by atoms with E-state index in [0.717, 1.165) is 36.2 Å². The molecule has 1 heterocycles. The molecule has 4 nitrogen and oxygen atoms in total. The Morgan fingerprint density at radius 1 is 0.926 bits per heavy atom. The second-order valence-corrected chi connectivity index (χ2v) is 7.01. The van der Waals surface area contributed by atoms with Crippen molar-refractivity contribution >= 4 is 11.6 Å². The van der Waals surface area contributed by atoms with Gasteiger partial charge >= 0.3 is 0 Å². The van der Waals surface area contributed by atoms with Gasteiger partial charge in [0.1, 0.15) is 0 Å². The quantitative estimate of drug-likeness (QED) is 0.686. The Morgan fingerprint density at radius 2 is 1.63 bits per heavy atom. The molecule has 0 saturated heterocycles. The van der Waals surface area contributed by atoms with Gasteiger partial charge in [-0.15, -0.1) is 0 Å². The molecule has 1 aliphatic rings. The summed E-state index contributed by atoms with van der Waals surface area (Å²) in [6, 6.07) is 20.1. The molecule has 136 valence electrons. The van der Waals surface area contributed by atoms with Crippen LogP contribution in [-0.4, -0.2) is 16.2 Å². The van der Waals surface area contributed by atoms with Crippen LogP contribution in [0.15, 0.2) is 65.8 Å². The van der Waals surface area contributed by atoms with E-state index in [1.54, 1.807) is 0 Å². The van der Waals surface area contributed by atoms with Crippen LogP contribution in [-0.2, 0) is 6.42 Å². The van der Waals surface area contributed by atoms with Gasteiger partial charge in [-0.1, -0.05) is 24.3 Å². The molecule has 0 unspecified atom stereocenters. The molecule has 27 heavy (non-hydrogen) atoms. The molecule has 2 aromatic carbocycles. The fourth-order valence-corrected chi connectivity index (χ4v) is 3.74. The maximum Gasteiger partial charge on any atom is 0.271 e. The van der Waals surface area contributed by atoms with Gasteiger partial charge in [-0.3, -0.25) is 4.79 Å². The Balaban J connectivity index is 1.51. The summed E-state index contributed by atoms with van der Waals surface area (Å²) in [7, 11) is 0. The number of amides is 1. The highest BCUT2D eigenvalue weighted by molar-refractivity contribution is 6.04. The minimum atomic E-state index is -0.182. The molecule has 0 atom stereocenters. The van der Waals surface area contributed by atoms with Crippen molar-refractivity contribution in [3.63, 3.8) is 0 Å². The Labute approximate surface area is 159 Å². The molecular weight excluding hydrogens is 334 g/mol. The predicted octanol–water partition coefficient (Wildman–Crippen LogP) is 4.56. The molecule has 0 aliphatic heterocycles. The molecule has 1 aromatic heterocycles. The average molecular weight is 357 g/mol. The van der Waals surface area contributed by atoms with E-state index in [1.165, 1.54) is 17.0 Å². The van der Waals surface area contributed by atoms with E-state index in [4.69, 9.17) is 0 Å². The second kappa shape index (κ2) is 7.23. The van der Waals surface area contributed by atoms with Crippen LogP contribution in [0.25, 0.3) is 5.69 Å². The first kappa shape index (κ1) is 17.3. The molecule has 3 aromatic rings. The van der Waals surface area contributed by atoms with Crippen LogP contribution in [0.2, 0.25) is 0 Å². The topological polar surface area (TPSA) is 46.4 Å². The molecule has 4 heteroatoms. The first-order chi connectivity index (χ1) is 13.1. The van der Waals surface area contributed by atoms with Crippen LogP contribution in [0.3, 0.4) is 0 Å². The molecule has 0 bridgehead atoms. The number of aromatic nitrogens is 1. The zero-order valence-electron chi connectivity index (χ0n) is 15.7. The van der Waals surface area contributed by atoms with Crippen molar-refractivity contribution in [1.82, 2.24) is 9.99 Å². The van der Waals surface area contributed by atoms with E-state index in [1.807, 2.05) is 30.3 Å². The van der Waals surface area contributed by atoms with Crippen molar-refractivity contribution in [3.8, 4) is 5.69 Å². The molecule has 0 radical (unpaired) electrons. The third-order valence-electron chi connectivity index (χ3n) is 5.14. The summed E-state index contributed by atoms with van der Waals surface area (Å²) < 4.78 is 2.17. The van der Waals surface area contributed by atoms with Gasteiger partial charge in [0.25, 0.3) is 5.91 Å². The predicted molar refractivity (Wildman–Crippen MR) is 109 cm³/mol. The number of hydrogen-bond acceptors (Lipinski definition) is 2. The standard InChI is InChI=1S/C23H23N3O/c1-16-10-11-17(2)26(16)20-14-12-19(13-15-20)23(27)25-24-22-9-5-7-18-6-3-4-8-21(18)22/h3-4,6,8,10-15H,5,7,9H2,1-2H3,(H,25,27). The Kier molecular flexibility index (Phi) is 4.63. The highest BCUT2D eigenvalue weighted by Gasteiger charge is 2.15. The normalized spacial score (nSPS) is 14.8. The number of hydrogen-bond donors (Lipinski definition) is 1. The van der Waals surface area contributed by atoms with Crippen LogP contribution in [0, 0.1) is 13.8 Å². The monoisotopic (exact) mass is 357 g/mol. The Morgan fingerprint density at radius 3 is 2.37 bits per heavy atom. The number of carbonyl (C=O) groups excluding carboxylic acids is 1. The molecular formula is C23H23N3O. The van der Waals surface area contributed by atoms with Crippen LogP contribution < -0.4 is 5.43 Å². The summed E-state index contributed by atoms with van der Waals surface area (Å²) in [6.07, 6.45) is 3.03. The summed E-state index contributed by atoms with van der Waals surface area (Å²) in [5.74, 6) is -0.182. The first-order valence-electron chi connectivity index (χ1n) is 9.34. The maximum absolute atomic E-state index is 12.5. The number of nitrogens with one attached hydrogen (secondary N) is 1. The number of fused-ring (bicyclic) bond motifs is 1. The fraction of sp³-hybridized carbons (Fsp3) is 0.217. The highest BCUT2D eigenvalue weighted by atomic mass is 16.2. The molecule has 1 aliphatic carbocycles. The summed E-state index contributed by atoms with van der Waals surface area (Å²) in [6.45, 7) is 4.15. The molecule has 0 saturated carbocycles. The molecule has 4 rings (SSSR count). The van der Waals surface area contributed by atoms with Gasteiger partial charge in [-0.25, -0.2) is 5.43 Å². The molecule has 0 fully saturated rings. The van der Waals surface area contributed by atoms with Crippen molar-refractivity contribution in [2.24, 2.45) is 5.10 Å². The zero-order chi connectivity index (χ0) is 18.8. The second-order valence-electron chi connectivity index (χ2n) is 7.01. The summed E-state index contributed by atoms with van der Waals surface area (Å²) >= 11 is 0. The van der Waals surface area contributed by atoms with Crippen molar-refractivity contribution in [1.29, 1.82) is 0 Å². The van der Waals surface area contributed by atoms with Gasteiger partial charge in [0.05, 0.1) is 5.71 Å². The average Bonchev–Trinajstić information content (AvgIpc) is 3.04. The van der Waals surface area contributed by atoms with Crippen molar-refractivity contribution in [3.05, 3.63) is 88.7 Å². The highest BCUT2D eigenvalue weighted by Crippen LogP contribution is 2.21. The number of carbonyl (C=O) groups is 1. The first-order valence-corrected chi connectivity index (χ1v) is 9.34. The van der Waals surface area contributed by atoms with Gasteiger partial charge in [0, 0.05) is 28.2 Å². The van der Waals surface area contributed by atoms with Crippen LogP contribution in [0.4, 0.5) is 0 Å². The van der Waals surface area contributed by atoms with E-state index < -0.39 is 0 Å². The molecule has 0 spiro atoms. The third-order valence-corrected chi connectivity index (χ3v) is 5.14. The van der Waals surface area contributed by atoms with Crippen LogP contribution in [0.5, 0.6) is 0 Å². The van der Waals surface area contributed by atoms with Crippen LogP contribution >= 0.6 is 0 Å². The Bertz CT molecular complexity index is 993. The van der Waals surface area contributed by atoms with E-state index >= 15 is 0 Å². The number of rotatable bonds is 3. The summed E-state index contributed by atoms with van der Waals surface area (Å²) in [5.41, 5.74) is 10.1. The molecule has 1 N–H and O–H groups in total. The Hall–Kier alpha value is -3.14. The van der Waals surface area contributed by atoms with Gasteiger partial charge < -0.3 is 4.57 Å². The minimum absolute atomic E-state index is 0.182. The van der Waals surface area contributed by atoms with E-state index in [9.17, 15) is 4.79 Å². The fourth-order valence-electron chi connectivity index (χ4n) is 3.74. The van der Waals surface area contributed by atoms with E-state index in [0.29, 0.717) is 5.56 Å². The largest absolute Gasteiger partial charge is 0.319 e. The SMILES string of the molecule is Cc1ccc(C)n1-c1ccc(C(=O)NN=C2CCCc3ccccc32)cc1. The minimum Gasteiger partial charge on any atom is -0.319 e. The van der Waals surface area contributed by atoms with Gasteiger partial charge in [-0.05, 0) is 75.1 Å². The van der Waals surface area contributed by atoms with Crippen molar-refractivity contribution < 1.29 is 4.79 Å². The lowest BCUT2D eigenvalue weighted by Crippen LogP contribution is -2.22. The van der Waals surface area contributed by atoms with Crippen molar-refractivity contribution in [2.45, 2.75) is 33.1 Å². The number of aryl methyl sites for hydroxylation is 3. The lowest BCUT2D eigenvalue weighted by atomic mass is 9.90. The number of hydrazone groups is 1. The lowest BCUT2D eigenvalue weighted by molar-refractivity contribution is 0.0955. The van der Waals surface area contributed by atoms with Gasteiger partial charge in [0.15, 0.2) is 0 Å². The smallest absolute Gasteiger partial charge is 0.271 e. The summed E-state index contributed by atoms with van der Waals surface area (Å²) in [5, 5.41) is 4.41. The lowest BCUT2D eigenvalue weighted by Gasteiger charge is -2.17. The summed E-state index contributed by atoms with van der Waals surface area (Å²) in [4.78, 5) is 12.5.